The highest BCUT2D eigenvalue weighted by molar-refractivity contribution is 7.98. The molecule has 1 fully saturated rings. The van der Waals surface area contributed by atoms with Crippen molar-refractivity contribution in [2.24, 2.45) is 0 Å². The Hall–Kier alpha value is -2.34. The highest BCUT2D eigenvalue weighted by Gasteiger charge is 2.35. The molecule has 2 amide bonds. The van der Waals surface area contributed by atoms with Gasteiger partial charge in [0.25, 0.3) is 5.91 Å². The average Bonchev–Trinajstić information content (AvgIpc) is 3.12. The van der Waals surface area contributed by atoms with Gasteiger partial charge >= 0.3 is 0 Å². The average molecular weight is 341 g/mol. The SMILES string of the molecule is CSc1ncccc1C(=O)N1CCCC1C(=O)Nc1ccccc1. The zero-order valence-corrected chi connectivity index (χ0v) is 14.3. The largest absolute Gasteiger partial charge is 0.327 e. The van der Waals surface area contributed by atoms with Crippen LogP contribution in [0.25, 0.3) is 0 Å². The number of aromatic nitrogens is 1. The van der Waals surface area contributed by atoms with Gasteiger partial charge in [0.2, 0.25) is 5.91 Å². The van der Waals surface area contributed by atoms with Crippen LogP contribution in [0.2, 0.25) is 0 Å². The molecule has 1 aliphatic heterocycles. The Morgan fingerprint density at radius 1 is 1.21 bits per heavy atom. The number of amides is 2. The van der Waals surface area contributed by atoms with Crippen molar-refractivity contribution in [3.63, 3.8) is 0 Å². The predicted octanol–water partition coefficient (Wildman–Crippen LogP) is 3.05. The summed E-state index contributed by atoms with van der Waals surface area (Å²) in [6.45, 7) is 0.592. The molecule has 1 aliphatic rings. The maximum Gasteiger partial charge on any atom is 0.257 e. The van der Waals surface area contributed by atoms with Crippen LogP contribution in [0.5, 0.6) is 0 Å². The molecule has 1 N–H and O–H groups in total. The van der Waals surface area contributed by atoms with Crippen LogP contribution in [0.1, 0.15) is 23.2 Å². The number of carbonyl (C=O) groups excluding carboxylic acids is 2. The highest BCUT2D eigenvalue weighted by atomic mass is 32.2. The van der Waals surface area contributed by atoms with Crippen molar-refractivity contribution in [2.45, 2.75) is 23.9 Å². The molecule has 6 heteroatoms. The van der Waals surface area contributed by atoms with Crippen LogP contribution < -0.4 is 5.32 Å². The summed E-state index contributed by atoms with van der Waals surface area (Å²) in [6.07, 6.45) is 5.07. The number of rotatable bonds is 4. The molecule has 24 heavy (non-hydrogen) atoms. The Morgan fingerprint density at radius 3 is 2.75 bits per heavy atom. The second-order valence-electron chi connectivity index (χ2n) is 5.57. The molecule has 1 saturated heterocycles. The molecule has 0 aliphatic carbocycles. The normalized spacial score (nSPS) is 16.9. The summed E-state index contributed by atoms with van der Waals surface area (Å²) in [5.74, 6) is -0.264. The number of hydrogen-bond acceptors (Lipinski definition) is 4. The zero-order valence-electron chi connectivity index (χ0n) is 13.4. The first-order valence-electron chi connectivity index (χ1n) is 7.86. The molecule has 1 atom stereocenters. The minimum Gasteiger partial charge on any atom is -0.327 e. The Labute approximate surface area is 145 Å². The van der Waals surface area contributed by atoms with E-state index in [1.807, 2.05) is 36.6 Å². The summed E-state index contributed by atoms with van der Waals surface area (Å²) in [4.78, 5) is 31.4. The minimum atomic E-state index is -0.437. The molecule has 124 valence electrons. The predicted molar refractivity (Wildman–Crippen MR) is 95.1 cm³/mol. The van der Waals surface area contributed by atoms with Gasteiger partial charge in [0.05, 0.1) is 5.56 Å². The van der Waals surface area contributed by atoms with E-state index in [1.54, 1.807) is 23.2 Å². The summed E-state index contributed by atoms with van der Waals surface area (Å²) in [5, 5.41) is 3.59. The van der Waals surface area contributed by atoms with Gasteiger partial charge in [-0.15, -0.1) is 11.8 Å². The van der Waals surface area contributed by atoms with Gasteiger partial charge in [-0.1, -0.05) is 18.2 Å². The third-order valence-corrected chi connectivity index (χ3v) is 4.76. The molecule has 1 unspecified atom stereocenters. The maximum atomic E-state index is 12.9. The highest BCUT2D eigenvalue weighted by Crippen LogP contribution is 2.25. The Bertz CT molecular complexity index is 736. The topological polar surface area (TPSA) is 62.3 Å². The Balaban J connectivity index is 1.77. The molecule has 2 aromatic rings. The summed E-state index contributed by atoms with van der Waals surface area (Å²) in [7, 11) is 0. The third-order valence-electron chi connectivity index (χ3n) is 4.05. The number of hydrogen-bond donors (Lipinski definition) is 1. The fourth-order valence-electron chi connectivity index (χ4n) is 2.90. The lowest BCUT2D eigenvalue weighted by molar-refractivity contribution is -0.119. The zero-order chi connectivity index (χ0) is 16.9. The fourth-order valence-corrected chi connectivity index (χ4v) is 3.44. The molecule has 0 saturated carbocycles. The van der Waals surface area contributed by atoms with E-state index in [0.717, 1.165) is 12.1 Å². The lowest BCUT2D eigenvalue weighted by Crippen LogP contribution is -2.43. The van der Waals surface area contributed by atoms with Crippen molar-refractivity contribution < 1.29 is 9.59 Å². The molecule has 0 radical (unpaired) electrons. The van der Waals surface area contributed by atoms with Gasteiger partial charge in [0.15, 0.2) is 0 Å². The van der Waals surface area contributed by atoms with Gasteiger partial charge in [-0.05, 0) is 43.4 Å². The van der Waals surface area contributed by atoms with Crippen molar-refractivity contribution in [3.05, 3.63) is 54.2 Å². The monoisotopic (exact) mass is 341 g/mol. The van der Waals surface area contributed by atoms with Crippen LogP contribution >= 0.6 is 11.8 Å². The quantitative estimate of drug-likeness (QED) is 0.868. The molecule has 1 aromatic carbocycles. The van der Waals surface area contributed by atoms with Crippen LogP contribution in [-0.2, 0) is 4.79 Å². The van der Waals surface area contributed by atoms with E-state index in [0.29, 0.717) is 23.6 Å². The second-order valence-corrected chi connectivity index (χ2v) is 6.37. The second kappa shape index (κ2) is 7.49. The van der Waals surface area contributed by atoms with Gasteiger partial charge in [0.1, 0.15) is 11.1 Å². The van der Waals surface area contributed by atoms with E-state index in [9.17, 15) is 9.59 Å². The molecule has 2 heterocycles. The first kappa shape index (κ1) is 16.5. The number of pyridine rings is 1. The molecule has 0 spiro atoms. The van der Waals surface area contributed by atoms with Gasteiger partial charge in [0, 0.05) is 18.4 Å². The number of likely N-dealkylation sites (tertiary alicyclic amines) is 1. The van der Waals surface area contributed by atoms with Crippen LogP contribution in [0.4, 0.5) is 5.69 Å². The summed E-state index contributed by atoms with van der Waals surface area (Å²) < 4.78 is 0. The minimum absolute atomic E-state index is 0.127. The Kier molecular flexibility index (Phi) is 5.15. The summed E-state index contributed by atoms with van der Waals surface area (Å²) in [6, 6.07) is 12.4. The summed E-state index contributed by atoms with van der Waals surface area (Å²) in [5.41, 5.74) is 1.30. The van der Waals surface area contributed by atoms with E-state index in [1.165, 1.54) is 11.8 Å². The molecule has 0 bridgehead atoms. The lowest BCUT2D eigenvalue weighted by atomic mass is 10.1. The van der Waals surface area contributed by atoms with Crippen LogP contribution in [0.3, 0.4) is 0 Å². The van der Waals surface area contributed by atoms with Gasteiger partial charge < -0.3 is 10.2 Å². The maximum absolute atomic E-state index is 12.9. The molecule has 5 nitrogen and oxygen atoms in total. The number of nitrogens with zero attached hydrogens (tertiary/aromatic N) is 2. The van der Waals surface area contributed by atoms with Crippen molar-refractivity contribution >= 4 is 29.3 Å². The van der Waals surface area contributed by atoms with E-state index in [-0.39, 0.29) is 11.8 Å². The van der Waals surface area contributed by atoms with Crippen LogP contribution in [-0.4, -0.2) is 40.5 Å². The fraction of sp³-hybridized carbons (Fsp3) is 0.278. The number of benzene rings is 1. The smallest absolute Gasteiger partial charge is 0.257 e. The van der Waals surface area contributed by atoms with Crippen molar-refractivity contribution in [1.29, 1.82) is 0 Å². The van der Waals surface area contributed by atoms with E-state index in [4.69, 9.17) is 0 Å². The molecular weight excluding hydrogens is 322 g/mol. The molecule has 1 aromatic heterocycles. The first-order chi connectivity index (χ1) is 11.7. The van der Waals surface area contributed by atoms with Crippen LogP contribution in [0, 0.1) is 0 Å². The molecular formula is C18H19N3O2S. The van der Waals surface area contributed by atoms with E-state index in [2.05, 4.69) is 10.3 Å². The number of nitrogens with one attached hydrogen (secondary N) is 1. The van der Waals surface area contributed by atoms with Gasteiger partial charge in [-0.2, -0.15) is 0 Å². The van der Waals surface area contributed by atoms with Crippen LogP contribution in [0.15, 0.2) is 53.7 Å². The lowest BCUT2D eigenvalue weighted by Gasteiger charge is -2.24. The number of thioether (sulfide) groups is 1. The number of para-hydroxylation sites is 1. The van der Waals surface area contributed by atoms with Crippen molar-refractivity contribution in [2.75, 3.05) is 18.1 Å². The summed E-state index contributed by atoms with van der Waals surface area (Å²) >= 11 is 1.44. The standard InChI is InChI=1S/C18H19N3O2S/c1-24-17-14(9-5-11-19-17)18(23)21-12-6-10-15(21)16(22)20-13-7-3-2-4-8-13/h2-5,7-9,11,15H,6,10,12H2,1H3,(H,20,22). The van der Waals surface area contributed by atoms with E-state index >= 15 is 0 Å². The van der Waals surface area contributed by atoms with E-state index < -0.39 is 6.04 Å². The number of anilines is 1. The number of carbonyl (C=O) groups is 2. The first-order valence-corrected chi connectivity index (χ1v) is 9.09. The van der Waals surface area contributed by atoms with Crippen molar-refractivity contribution in [3.8, 4) is 0 Å². The molecule has 3 rings (SSSR count). The third kappa shape index (κ3) is 3.43. The van der Waals surface area contributed by atoms with Gasteiger partial charge in [-0.3, -0.25) is 9.59 Å². The van der Waals surface area contributed by atoms with Crippen molar-refractivity contribution in [1.82, 2.24) is 9.88 Å². The van der Waals surface area contributed by atoms with Gasteiger partial charge in [-0.25, -0.2) is 4.98 Å². The Morgan fingerprint density at radius 2 is 2.00 bits per heavy atom.